The third kappa shape index (κ3) is 6.42. The second kappa shape index (κ2) is 10.9. The van der Waals surface area contributed by atoms with Crippen molar-refractivity contribution in [1.29, 1.82) is 0 Å². The number of hydrogen-bond acceptors (Lipinski definition) is 5. The maximum absolute atomic E-state index is 12.6. The standard InChI is InChI=1S/C22H27ClN4O3/c1-30-20-7-5-17(13-19(20)23)26-21(28)8-4-16-3-2-12-27(15-16)22(29)9-6-18-14-24-10-11-25-18/h5,7,10-11,13-14,16H,2-4,6,8-9,12,15H2,1H3,(H,26,28). The van der Waals surface area contributed by atoms with Gasteiger partial charge in [-0.25, -0.2) is 0 Å². The summed E-state index contributed by atoms with van der Waals surface area (Å²) in [5, 5.41) is 3.33. The van der Waals surface area contributed by atoms with Gasteiger partial charge in [-0.2, -0.15) is 0 Å². The molecule has 1 unspecified atom stereocenters. The van der Waals surface area contributed by atoms with E-state index in [2.05, 4.69) is 15.3 Å². The lowest BCUT2D eigenvalue weighted by Gasteiger charge is -2.33. The highest BCUT2D eigenvalue weighted by molar-refractivity contribution is 6.32. The van der Waals surface area contributed by atoms with Crippen LogP contribution in [-0.4, -0.2) is 46.9 Å². The summed E-state index contributed by atoms with van der Waals surface area (Å²) in [6, 6.07) is 5.17. The van der Waals surface area contributed by atoms with Crippen LogP contribution < -0.4 is 10.1 Å². The summed E-state index contributed by atoms with van der Waals surface area (Å²) in [5.74, 6) is 0.996. The fourth-order valence-electron chi connectivity index (χ4n) is 3.68. The summed E-state index contributed by atoms with van der Waals surface area (Å²) in [6.45, 7) is 1.49. The lowest BCUT2D eigenvalue weighted by Crippen LogP contribution is -2.40. The molecule has 1 aliphatic heterocycles. The van der Waals surface area contributed by atoms with Crippen molar-refractivity contribution in [3.8, 4) is 5.75 Å². The minimum atomic E-state index is -0.0534. The van der Waals surface area contributed by atoms with Gasteiger partial charge in [0.25, 0.3) is 0 Å². The summed E-state index contributed by atoms with van der Waals surface area (Å²) in [4.78, 5) is 35.0. The normalized spacial score (nSPS) is 16.2. The largest absolute Gasteiger partial charge is 0.495 e. The highest BCUT2D eigenvalue weighted by Crippen LogP contribution is 2.27. The van der Waals surface area contributed by atoms with Crippen molar-refractivity contribution in [2.75, 3.05) is 25.5 Å². The Bertz CT molecular complexity index is 863. The predicted octanol–water partition coefficient (Wildman–Crippen LogP) is 3.73. The van der Waals surface area contributed by atoms with E-state index in [1.807, 2.05) is 4.90 Å². The molecule has 30 heavy (non-hydrogen) atoms. The zero-order valence-electron chi connectivity index (χ0n) is 17.1. The van der Waals surface area contributed by atoms with Gasteiger partial charge in [-0.15, -0.1) is 0 Å². The topological polar surface area (TPSA) is 84.4 Å². The van der Waals surface area contributed by atoms with Gasteiger partial charge in [0.1, 0.15) is 5.75 Å². The van der Waals surface area contributed by atoms with Crippen LogP contribution in [0.2, 0.25) is 5.02 Å². The number of benzene rings is 1. The van der Waals surface area contributed by atoms with Crippen LogP contribution >= 0.6 is 11.6 Å². The maximum Gasteiger partial charge on any atom is 0.224 e. The third-order valence-electron chi connectivity index (χ3n) is 5.30. The highest BCUT2D eigenvalue weighted by atomic mass is 35.5. The van der Waals surface area contributed by atoms with E-state index in [1.54, 1.807) is 43.9 Å². The maximum atomic E-state index is 12.6. The van der Waals surface area contributed by atoms with E-state index in [-0.39, 0.29) is 11.8 Å². The van der Waals surface area contributed by atoms with Gasteiger partial charge in [0.2, 0.25) is 11.8 Å². The van der Waals surface area contributed by atoms with E-state index in [9.17, 15) is 9.59 Å². The van der Waals surface area contributed by atoms with Crippen molar-refractivity contribution in [3.05, 3.63) is 47.5 Å². The highest BCUT2D eigenvalue weighted by Gasteiger charge is 2.24. The summed E-state index contributed by atoms with van der Waals surface area (Å²) in [7, 11) is 1.55. The van der Waals surface area contributed by atoms with Crippen LogP contribution in [0.4, 0.5) is 5.69 Å². The van der Waals surface area contributed by atoms with E-state index >= 15 is 0 Å². The second-order valence-corrected chi connectivity index (χ2v) is 7.89. The zero-order chi connectivity index (χ0) is 21.3. The number of amides is 2. The number of nitrogens with one attached hydrogen (secondary N) is 1. The lowest BCUT2D eigenvalue weighted by molar-refractivity contribution is -0.133. The Morgan fingerprint density at radius 1 is 1.30 bits per heavy atom. The fraction of sp³-hybridized carbons (Fsp3) is 0.455. The summed E-state index contributed by atoms with van der Waals surface area (Å²) >= 11 is 6.10. The van der Waals surface area contributed by atoms with Crippen LogP contribution in [0.3, 0.4) is 0 Å². The average Bonchev–Trinajstić information content (AvgIpc) is 2.77. The molecule has 0 bridgehead atoms. The van der Waals surface area contributed by atoms with Gasteiger partial charge in [-0.1, -0.05) is 11.6 Å². The number of piperidine rings is 1. The zero-order valence-corrected chi connectivity index (χ0v) is 17.9. The smallest absolute Gasteiger partial charge is 0.224 e. The number of likely N-dealkylation sites (tertiary alicyclic amines) is 1. The Balaban J connectivity index is 1.42. The first-order valence-electron chi connectivity index (χ1n) is 10.2. The van der Waals surface area contributed by atoms with Gasteiger partial charge >= 0.3 is 0 Å². The molecule has 2 aromatic rings. The summed E-state index contributed by atoms with van der Waals surface area (Å²) < 4.78 is 5.12. The molecule has 8 heteroatoms. The molecule has 2 heterocycles. The number of methoxy groups -OCH3 is 1. The quantitative estimate of drug-likeness (QED) is 0.689. The number of nitrogens with zero attached hydrogens (tertiary/aromatic N) is 3. The Hall–Kier alpha value is -2.67. The molecular weight excluding hydrogens is 404 g/mol. The SMILES string of the molecule is COc1ccc(NC(=O)CCC2CCCN(C(=O)CCc3cnccn3)C2)cc1Cl. The van der Waals surface area contributed by atoms with Gasteiger partial charge in [0, 0.05) is 50.2 Å². The molecule has 1 saturated heterocycles. The first kappa shape index (κ1) is 22.0. The number of carbonyl (C=O) groups is 2. The average molecular weight is 431 g/mol. The molecule has 2 amide bonds. The van der Waals surface area contributed by atoms with Gasteiger partial charge in [0.05, 0.1) is 17.8 Å². The molecule has 1 aliphatic rings. The minimum Gasteiger partial charge on any atom is -0.495 e. The van der Waals surface area contributed by atoms with Crippen molar-refractivity contribution in [1.82, 2.24) is 14.9 Å². The molecule has 1 fully saturated rings. The van der Waals surface area contributed by atoms with Crippen LogP contribution in [-0.2, 0) is 16.0 Å². The Morgan fingerprint density at radius 3 is 2.90 bits per heavy atom. The number of aryl methyl sites for hydroxylation is 1. The number of ether oxygens (including phenoxy) is 1. The number of anilines is 1. The second-order valence-electron chi connectivity index (χ2n) is 7.48. The molecule has 0 radical (unpaired) electrons. The molecule has 7 nitrogen and oxygen atoms in total. The monoisotopic (exact) mass is 430 g/mol. The van der Waals surface area contributed by atoms with Crippen LogP contribution in [0, 0.1) is 5.92 Å². The predicted molar refractivity (Wildman–Crippen MR) is 116 cm³/mol. The molecule has 160 valence electrons. The van der Waals surface area contributed by atoms with Gasteiger partial charge < -0.3 is 15.0 Å². The minimum absolute atomic E-state index is 0.0534. The third-order valence-corrected chi connectivity index (χ3v) is 5.59. The van der Waals surface area contributed by atoms with E-state index in [0.717, 1.165) is 31.5 Å². The fourth-order valence-corrected chi connectivity index (χ4v) is 3.94. The molecule has 1 N–H and O–H groups in total. The van der Waals surface area contributed by atoms with E-state index < -0.39 is 0 Å². The van der Waals surface area contributed by atoms with Crippen molar-refractivity contribution in [2.24, 2.45) is 5.92 Å². The molecule has 0 saturated carbocycles. The number of carbonyl (C=O) groups excluding carboxylic acids is 2. The molecule has 3 rings (SSSR count). The van der Waals surface area contributed by atoms with Crippen molar-refractivity contribution >= 4 is 29.1 Å². The number of halogens is 1. The first-order valence-corrected chi connectivity index (χ1v) is 10.6. The Morgan fingerprint density at radius 2 is 2.17 bits per heavy atom. The number of rotatable bonds is 8. The first-order chi connectivity index (χ1) is 14.5. The van der Waals surface area contributed by atoms with E-state index in [0.29, 0.717) is 48.2 Å². The van der Waals surface area contributed by atoms with Crippen LogP contribution in [0.1, 0.15) is 37.8 Å². The molecule has 0 aliphatic carbocycles. The van der Waals surface area contributed by atoms with E-state index in [4.69, 9.17) is 16.3 Å². The van der Waals surface area contributed by atoms with Crippen LogP contribution in [0.15, 0.2) is 36.8 Å². The molecule has 1 aromatic heterocycles. The van der Waals surface area contributed by atoms with Crippen molar-refractivity contribution in [2.45, 2.75) is 38.5 Å². The van der Waals surface area contributed by atoms with Gasteiger partial charge in [-0.05, 0) is 49.8 Å². The molecule has 1 atom stereocenters. The van der Waals surface area contributed by atoms with Crippen LogP contribution in [0.25, 0.3) is 0 Å². The Kier molecular flexibility index (Phi) is 8.02. The van der Waals surface area contributed by atoms with Gasteiger partial charge in [0.15, 0.2) is 0 Å². The van der Waals surface area contributed by atoms with Gasteiger partial charge in [-0.3, -0.25) is 19.6 Å². The Labute approximate surface area is 181 Å². The number of hydrogen-bond donors (Lipinski definition) is 1. The van der Waals surface area contributed by atoms with Crippen LogP contribution in [0.5, 0.6) is 5.75 Å². The van der Waals surface area contributed by atoms with E-state index in [1.165, 1.54) is 0 Å². The molecule has 0 spiro atoms. The summed E-state index contributed by atoms with van der Waals surface area (Å²) in [6.07, 6.45) is 9.17. The molecular formula is C22H27ClN4O3. The summed E-state index contributed by atoms with van der Waals surface area (Å²) in [5.41, 5.74) is 1.48. The lowest BCUT2D eigenvalue weighted by atomic mass is 9.93. The molecule has 1 aromatic carbocycles. The number of aromatic nitrogens is 2. The van der Waals surface area contributed by atoms with Crippen molar-refractivity contribution in [3.63, 3.8) is 0 Å². The van der Waals surface area contributed by atoms with Crippen molar-refractivity contribution < 1.29 is 14.3 Å².